The molecule has 0 spiro atoms. The molecule has 4 rings (SSSR count). The lowest BCUT2D eigenvalue weighted by Crippen LogP contribution is -2.27. The molecule has 0 saturated carbocycles. The van der Waals surface area contributed by atoms with Gasteiger partial charge in [0.05, 0.1) is 12.1 Å². The molecule has 0 bridgehead atoms. The summed E-state index contributed by atoms with van der Waals surface area (Å²) in [6, 6.07) is 14.5. The third-order valence-corrected chi connectivity index (χ3v) is 4.96. The van der Waals surface area contributed by atoms with E-state index in [1.165, 1.54) is 10.8 Å². The van der Waals surface area contributed by atoms with E-state index >= 15 is 0 Å². The summed E-state index contributed by atoms with van der Waals surface area (Å²) in [6.45, 7) is 0.600. The molecule has 0 saturated heterocycles. The van der Waals surface area contributed by atoms with Crippen LogP contribution < -0.4 is 0 Å². The molecular formula is C19H17N3OS. The zero-order chi connectivity index (χ0) is 16.5. The third kappa shape index (κ3) is 2.78. The van der Waals surface area contributed by atoms with Crippen LogP contribution in [0.25, 0.3) is 15.7 Å². The van der Waals surface area contributed by atoms with Gasteiger partial charge in [0, 0.05) is 31.4 Å². The number of benzene rings is 2. The minimum absolute atomic E-state index is 0.0775. The Labute approximate surface area is 144 Å². The maximum atomic E-state index is 12.5. The molecule has 0 radical (unpaired) electrons. The van der Waals surface area contributed by atoms with Crippen molar-refractivity contribution in [2.45, 2.75) is 13.0 Å². The first-order valence-electron chi connectivity index (χ1n) is 7.82. The van der Waals surface area contributed by atoms with Crippen LogP contribution in [0.4, 0.5) is 0 Å². The van der Waals surface area contributed by atoms with Crippen molar-refractivity contribution in [3.05, 3.63) is 71.5 Å². The van der Waals surface area contributed by atoms with Crippen LogP contribution in [0.3, 0.4) is 0 Å². The molecule has 5 heteroatoms. The van der Waals surface area contributed by atoms with Gasteiger partial charge in [0.15, 0.2) is 4.96 Å². The highest BCUT2D eigenvalue weighted by atomic mass is 32.1. The molecule has 0 N–H and O–H groups in total. The summed E-state index contributed by atoms with van der Waals surface area (Å²) in [7, 11) is 1.85. The van der Waals surface area contributed by atoms with Crippen molar-refractivity contribution < 1.29 is 4.79 Å². The van der Waals surface area contributed by atoms with Crippen LogP contribution in [-0.2, 0) is 17.8 Å². The molecule has 24 heavy (non-hydrogen) atoms. The number of imidazole rings is 1. The number of aromatic nitrogens is 2. The van der Waals surface area contributed by atoms with Gasteiger partial charge < -0.3 is 4.90 Å². The fourth-order valence-electron chi connectivity index (χ4n) is 2.93. The van der Waals surface area contributed by atoms with Gasteiger partial charge in [-0.05, 0) is 16.3 Å². The number of rotatable bonds is 4. The molecule has 4 nitrogen and oxygen atoms in total. The first kappa shape index (κ1) is 14.9. The topological polar surface area (TPSA) is 37.6 Å². The number of carbonyl (C=O) groups excluding carboxylic acids is 1. The van der Waals surface area contributed by atoms with Crippen molar-refractivity contribution in [3.8, 4) is 0 Å². The second-order valence-corrected chi connectivity index (χ2v) is 6.76. The molecule has 0 aliphatic carbocycles. The van der Waals surface area contributed by atoms with Crippen molar-refractivity contribution >= 4 is 33.0 Å². The Morgan fingerprint density at radius 2 is 2.04 bits per heavy atom. The second-order valence-electron chi connectivity index (χ2n) is 5.89. The van der Waals surface area contributed by atoms with E-state index in [-0.39, 0.29) is 5.91 Å². The average Bonchev–Trinajstić information content (AvgIpc) is 3.16. The minimum Gasteiger partial charge on any atom is -0.341 e. The Hall–Kier alpha value is -2.66. The highest BCUT2D eigenvalue weighted by Gasteiger charge is 2.14. The summed E-state index contributed by atoms with van der Waals surface area (Å²) in [5, 5.41) is 4.38. The number of amides is 1. The Kier molecular flexibility index (Phi) is 3.78. The summed E-state index contributed by atoms with van der Waals surface area (Å²) in [5.41, 5.74) is 1.98. The summed E-state index contributed by atoms with van der Waals surface area (Å²) < 4.78 is 1.96. The lowest BCUT2D eigenvalue weighted by atomic mass is 10.0. The van der Waals surface area contributed by atoms with E-state index in [1.807, 2.05) is 47.4 Å². The molecule has 0 fully saturated rings. The minimum atomic E-state index is 0.0775. The lowest BCUT2D eigenvalue weighted by molar-refractivity contribution is -0.129. The number of hydrogen-bond acceptors (Lipinski definition) is 3. The number of hydrogen-bond donors (Lipinski definition) is 0. The van der Waals surface area contributed by atoms with Gasteiger partial charge in [-0.1, -0.05) is 42.5 Å². The van der Waals surface area contributed by atoms with E-state index in [0.29, 0.717) is 13.0 Å². The second kappa shape index (κ2) is 6.09. The molecule has 1 amide bonds. The largest absolute Gasteiger partial charge is 0.341 e. The standard InChI is InChI=1S/C19H17N3OS/c1-21(12-15-7-4-6-14-5-2-3-8-17(14)15)18(23)11-16-13-22-9-10-24-19(22)20-16/h2-10,13H,11-12H2,1H3. The van der Waals surface area contributed by atoms with Gasteiger partial charge in [0.1, 0.15) is 0 Å². The van der Waals surface area contributed by atoms with Crippen LogP contribution in [0.15, 0.2) is 60.2 Å². The predicted octanol–water partition coefficient (Wildman–Crippen LogP) is 3.75. The quantitative estimate of drug-likeness (QED) is 0.570. The number of nitrogens with zero attached hydrogens (tertiary/aromatic N) is 3. The van der Waals surface area contributed by atoms with Gasteiger partial charge in [-0.2, -0.15) is 0 Å². The summed E-state index contributed by atoms with van der Waals surface area (Å²) in [6.07, 6.45) is 4.21. The summed E-state index contributed by atoms with van der Waals surface area (Å²) in [4.78, 5) is 19.7. The highest BCUT2D eigenvalue weighted by Crippen LogP contribution is 2.20. The Bertz CT molecular complexity index is 984. The zero-order valence-corrected chi connectivity index (χ0v) is 14.2. The smallest absolute Gasteiger partial charge is 0.228 e. The maximum Gasteiger partial charge on any atom is 0.228 e. The summed E-state index contributed by atoms with van der Waals surface area (Å²) >= 11 is 1.57. The molecular weight excluding hydrogens is 318 g/mol. The average molecular weight is 335 g/mol. The molecule has 2 aromatic heterocycles. The predicted molar refractivity (Wildman–Crippen MR) is 97.2 cm³/mol. The first-order valence-corrected chi connectivity index (χ1v) is 8.70. The van der Waals surface area contributed by atoms with Gasteiger partial charge in [-0.25, -0.2) is 4.98 Å². The van der Waals surface area contributed by atoms with Crippen molar-refractivity contribution in [2.24, 2.45) is 0 Å². The fraction of sp³-hybridized carbons (Fsp3) is 0.158. The Morgan fingerprint density at radius 1 is 1.21 bits per heavy atom. The molecule has 4 aromatic rings. The monoisotopic (exact) mass is 335 g/mol. The Balaban J connectivity index is 1.51. The Morgan fingerprint density at radius 3 is 2.92 bits per heavy atom. The van der Waals surface area contributed by atoms with Crippen LogP contribution in [-0.4, -0.2) is 27.2 Å². The molecule has 120 valence electrons. The fourth-order valence-corrected chi connectivity index (χ4v) is 3.64. The highest BCUT2D eigenvalue weighted by molar-refractivity contribution is 7.15. The van der Waals surface area contributed by atoms with Crippen molar-refractivity contribution in [3.63, 3.8) is 0 Å². The van der Waals surface area contributed by atoms with Crippen LogP contribution in [0, 0.1) is 0 Å². The molecule has 2 aromatic carbocycles. The molecule has 0 unspecified atom stereocenters. The molecule has 0 aliphatic rings. The lowest BCUT2D eigenvalue weighted by Gasteiger charge is -2.18. The van der Waals surface area contributed by atoms with Gasteiger partial charge in [0.25, 0.3) is 0 Å². The van der Waals surface area contributed by atoms with Crippen LogP contribution in [0.1, 0.15) is 11.3 Å². The van der Waals surface area contributed by atoms with Crippen molar-refractivity contribution in [2.75, 3.05) is 7.05 Å². The zero-order valence-electron chi connectivity index (χ0n) is 13.3. The van der Waals surface area contributed by atoms with Gasteiger partial charge in [0.2, 0.25) is 5.91 Å². The maximum absolute atomic E-state index is 12.5. The SMILES string of the molecule is CN(Cc1cccc2ccccc12)C(=O)Cc1cn2ccsc2n1. The number of thiazole rings is 1. The molecule has 0 atom stereocenters. The molecule has 2 heterocycles. The van der Waals surface area contributed by atoms with E-state index in [2.05, 4.69) is 29.2 Å². The van der Waals surface area contributed by atoms with E-state index in [9.17, 15) is 4.79 Å². The van der Waals surface area contributed by atoms with E-state index in [0.717, 1.165) is 16.2 Å². The van der Waals surface area contributed by atoms with Gasteiger partial charge in [-0.15, -0.1) is 11.3 Å². The normalized spacial score (nSPS) is 11.2. The van der Waals surface area contributed by atoms with Crippen LogP contribution in [0.2, 0.25) is 0 Å². The number of likely N-dealkylation sites (N-methyl/N-ethyl adjacent to an activating group) is 1. The van der Waals surface area contributed by atoms with Gasteiger partial charge in [-0.3, -0.25) is 9.20 Å². The van der Waals surface area contributed by atoms with Crippen LogP contribution in [0.5, 0.6) is 0 Å². The van der Waals surface area contributed by atoms with Gasteiger partial charge >= 0.3 is 0 Å². The van der Waals surface area contributed by atoms with Crippen LogP contribution >= 0.6 is 11.3 Å². The summed E-state index contributed by atoms with van der Waals surface area (Å²) in [5.74, 6) is 0.0775. The third-order valence-electron chi connectivity index (χ3n) is 4.19. The first-order chi connectivity index (χ1) is 11.7. The molecule has 0 aliphatic heterocycles. The van der Waals surface area contributed by atoms with E-state index in [4.69, 9.17) is 0 Å². The van der Waals surface area contributed by atoms with Crippen molar-refractivity contribution in [1.82, 2.24) is 14.3 Å². The number of carbonyl (C=O) groups is 1. The van der Waals surface area contributed by atoms with E-state index in [1.54, 1.807) is 16.2 Å². The van der Waals surface area contributed by atoms with E-state index < -0.39 is 0 Å². The number of fused-ring (bicyclic) bond motifs is 2. The van der Waals surface area contributed by atoms with Crippen molar-refractivity contribution in [1.29, 1.82) is 0 Å².